The molecule has 56 valence electrons. The standard InChI is InChI=1S/C8H12O2/c1-5-4-8(5,6(2)9)7(3)10/h5H,4H2,1-3H3. The lowest BCUT2D eigenvalue weighted by Gasteiger charge is -2.05. The highest BCUT2D eigenvalue weighted by atomic mass is 16.2. The van der Waals surface area contributed by atoms with E-state index in [2.05, 4.69) is 0 Å². The number of carbonyl (C=O) groups excluding carboxylic acids is 2. The first-order chi connectivity index (χ1) is 4.51. The Morgan fingerprint density at radius 1 is 1.30 bits per heavy atom. The Balaban J connectivity index is 2.83. The Labute approximate surface area is 60.6 Å². The van der Waals surface area contributed by atoms with Gasteiger partial charge in [-0.15, -0.1) is 0 Å². The van der Waals surface area contributed by atoms with Crippen LogP contribution in [-0.2, 0) is 9.59 Å². The van der Waals surface area contributed by atoms with Crippen molar-refractivity contribution in [2.75, 3.05) is 0 Å². The summed E-state index contributed by atoms with van der Waals surface area (Å²) < 4.78 is 0. The minimum atomic E-state index is -0.569. The first-order valence-electron chi connectivity index (χ1n) is 3.54. The van der Waals surface area contributed by atoms with Gasteiger partial charge in [-0.3, -0.25) is 9.59 Å². The fourth-order valence-electron chi connectivity index (χ4n) is 1.65. The van der Waals surface area contributed by atoms with E-state index in [9.17, 15) is 9.59 Å². The quantitative estimate of drug-likeness (QED) is 0.540. The summed E-state index contributed by atoms with van der Waals surface area (Å²) >= 11 is 0. The van der Waals surface area contributed by atoms with Gasteiger partial charge in [-0.2, -0.15) is 0 Å². The molecule has 0 radical (unpaired) electrons. The molecule has 0 aromatic rings. The van der Waals surface area contributed by atoms with Crippen LogP contribution in [-0.4, -0.2) is 11.6 Å². The smallest absolute Gasteiger partial charge is 0.143 e. The first kappa shape index (κ1) is 7.45. The average Bonchev–Trinajstić information content (AvgIpc) is 2.42. The monoisotopic (exact) mass is 140 g/mol. The molecule has 0 amide bonds. The Morgan fingerprint density at radius 2 is 1.60 bits per heavy atom. The highest BCUT2D eigenvalue weighted by Gasteiger charge is 2.58. The topological polar surface area (TPSA) is 34.1 Å². The summed E-state index contributed by atoms with van der Waals surface area (Å²) in [5, 5.41) is 0. The molecule has 1 fully saturated rings. The highest BCUT2D eigenvalue weighted by molar-refractivity contribution is 6.08. The van der Waals surface area contributed by atoms with Crippen molar-refractivity contribution in [2.45, 2.75) is 27.2 Å². The van der Waals surface area contributed by atoms with E-state index in [0.29, 0.717) is 0 Å². The van der Waals surface area contributed by atoms with E-state index in [1.165, 1.54) is 13.8 Å². The average molecular weight is 140 g/mol. The zero-order valence-corrected chi connectivity index (χ0v) is 6.60. The van der Waals surface area contributed by atoms with Crippen LogP contribution in [0.5, 0.6) is 0 Å². The lowest BCUT2D eigenvalue weighted by molar-refractivity contribution is -0.132. The molecule has 0 spiro atoms. The minimum absolute atomic E-state index is 0.0347. The third-order valence-corrected chi connectivity index (χ3v) is 2.57. The van der Waals surface area contributed by atoms with Crippen molar-refractivity contribution in [3.63, 3.8) is 0 Å². The third kappa shape index (κ3) is 0.713. The molecular formula is C8H12O2. The first-order valence-corrected chi connectivity index (χ1v) is 3.54. The summed E-state index contributed by atoms with van der Waals surface area (Å²) in [5.41, 5.74) is -0.569. The van der Waals surface area contributed by atoms with Crippen molar-refractivity contribution < 1.29 is 9.59 Å². The van der Waals surface area contributed by atoms with E-state index in [0.717, 1.165) is 6.42 Å². The van der Waals surface area contributed by atoms with Crippen molar-refractivity contribution in [1.29, 1.82) is 0 Å². The van der Waals surface area contributed by atoms with Gasteiger partial charge < -0.3 is 0 Å². The van der Waals surface area contributed by atoms with Crippen molar-refractivity contribution in [3.8, 4) is 0 Å². The Bertz CT molecular complexity index is 179. The molecule has 1 saturated carbocycles. The van der Waals surface area contributed by atoms with Crippen LogP contribution in [0.4, 0.5) is 0 Å². The van der Waals surface area contributed by atoms with Gasteiger partial charge in [-0.05, 0) is 26.2 Å². The summed E-state index contributed by atoms with van der Waals surface area (Å²) in [6.45, 7) is 4.96. The number of hydrogen-bond donors (Lipinski definition) is 0. The fraction of sp³-hybridized carbons (Fsp3) is 0.750. The minimum Gasteiger partial charge on any atom is -0.299 e. The number of Topliss-reactive ketones (excluding diaryl/α,β-unsaturated/α-hetero) is 2. The lowest BCUT2D eigenvalue weighted by atomic mass is 9.95. The molecule has 0 aromatic heterocycles. The predicted octanol–water partition coefficient (Wildman–Crippen LogP) is 1.19. The van der Waals surface area contributed by atoms with Crippen molar-refractivity contribution in [3.05, 3.63) is 0 Å². The molecule has 1 rings (SSSR count). The Morgan fingerprint density at radius 3 is 1.60 bits per heavy atom. The van der Waals surface area contributed by atoms with Gasteiger partial charge in [-0.25, -0.2) is 0 Å². The van der Waals surface area contributed by atoms with Crippen molar-refractivity contribution >= 4 is 11.6 Å². The van der Waals surface area contributed by atoms with Gasteiger partial charge in [-0.1, -0.05) is 6.92 Å². The summed E-state index contributed by atoms with van der Waals surface area (Å²) in [4.78, 5) is 21.9. The molecule has 0 saturated heterocycles. The van der Waals surface area contributed by atoms with Gasteiger partial charge in [0.25, 0.3) is 0 Å². The van der Waals surface area contributed by atoms with Crippen molar-refractivity contribution in [1.82, 2.24) is 0 Å². The molecule has 10 heavy (non-hydrogen) atoms. The molecule has 1 aliphatic carbocycles. The summed E-state index contributed by atoms with van der Waals surface area (Å²) in [6.07, 6.45) is 0.762. The van der Waals surface area contributed by atoms with Crippen LogP contribution >= 0.6 is 0 Å². The van der Waals surface area contributed by atoms with Crippen LogP contribution < -0.4 is 0 Å². The SMILES string of the molecule is CC(=O)C1(C(C)=O)CC1C. The van der Waals surface area contributed by atoms with E-state index in [1.54, 1.807) is 0 Å². The largest absolute Gasteiger partial charge is 0.299 e. The van der Waals surface area contributed by atoms with Gasteiger partial charge in [0.1, 0.15) is 11.6 Å². The van der Waals surface area contributed by atoms with Crippen LogP contribution in [0.1, 0.15) is 27.2 Å². The van der Waals surface area contributed by atoms with E-state index in [1.807, 2.05) is 6.92 Å². The summed E-state index contributed by atoms with van der Waals surface area (Å²) in [6, 6.07) is 0. The molecular weight excluding hydrogens is 128 g/mol. The second-order valence-corrected chi connectivity index (χ2v) is 3.19. The molecule has 2 nitrogen and oxygen atoms in total. The summed E-state index contributed by atoms with van der Waals surface area (Å²) in [5.74, 6) is 0.350. The van der Waals surface area contributed by atoms with Crippen LogP contribution in [0.2, 0.25) is 0 Å². The second kappa shape index (κ2) is 1.91. The van der Waals surface area contributed by atoms with Gasteiger partial charge in [0.2, 0.25) is 0 Å². The van der Waals surface area contributed by atoms with Crippen molar-refractivity contribution in [2.24, 2.45) is 11.3 Å². The molecule has 0 bridgehead atoms. The summed E-state index contributed by atoms with van der Waals surface area (Å²) in [7, 11) is 0. The molecule has 0 aliphatic heterocycles. The Hall–Kier alpha value is -0.660. The molecule has 0 aromatic carbocycles. The van der Waals surface area contributed by atoms with Gasteiger partial charge in [0, 0.05) is 0 Å². The van der Waals surface area contributed by atoms with E-state index < -0.39 is 5.41 Å². The van der Waals surface area contributed by atoms with Crippen LogP contribution in [0, 0.1) is 11.3 Å². The molecule has 1 unspecified atom stereocenters. The molecule has 1 aliphatic rings. The number of hydrogen-bond acceptors (Lipinski definition) is 2. The molecule has 0 heterocycles. The van der Waals surface area contributed by atoms with Gasteiger partial charge in [0.05, 0.1) is 5.41 Å². The van der Waals surface area contributed by atoms with E-state index in [4.69, 9.17) is 0 Å². The maximum atomic E-state index is 11.0. The third-order valence-electron chi connectivity index (χ3n) is 2.57. The van der Waals surface area contributed by atoms with E-state index in [-0.39, 0.29) is 17.5 Å². The molecule has 0 N–H and O–H groups in total. The normalized spacial score (nSPS) is 27.7. The van der Waals surface area contributed by atoms with Gasteiger partial charge >= 0.3 is 0 Å². The predicted molar refractivity (Wildman–Crippen MR) is 37.6 cm³/mol. The van der Waals surface area contributed by atoms with Crippen LogP contribution in [0.25, 0.3) is 0 Å². The number of ketones is 2. The maximum absolute atomic E-state index is 11.0. The van der Waals surface area contributed by atoms with E-state index >= 15 is 0 Å². The zero-order chi connectivity index (χ0) is 7.94. The lowest BCUT2D eigenvalue weighted by Crippen LogP contribution is -2.22. The maximum Gasteiger partial charge on any atom is 0.143 e. The molecule has 1 atom stereocenters. The van der Waals surface area contributed by atoms with Crippen LogP contribution in [0.3, 0.4) is 0 Å². The fourth-order valence-corrected chi connectivity index (χ4v) is 1.65. The second-order valence-electron chi connectivity index (χ2n) is 3.19. The number of rotatable bonds is 2. The highest BCUT2D eigenvalue weighted by Crippen LogP contribution is 2.53. The number of carbonyl (C=O) groups is 2. The zero-order valence-electron chi connectivity index (χ0n) is 6.60. The Kier molecular flexibility index (Phi) is 1.42. The molecule has 2 heteroatoms. The van der Waals surface area contributed by atoms with Crippen LogP contribution in [0.15, 0.2) is 0 Å². The van der Waals surface area contributed by atoms with Gasteiger partial charge in [0.15, 0.2) is 0 Å².